The van der Waals surface area contributed by atoms with Crippen molar-refractivity contribution in [2.24, 2.45) is 0 Å². The fourth-order valence-electron chi connectivity index (χ4n) is 3.92. The molecule has 4 heterocycles. The standard InChI is InChI=1S/C21H20ClN7O/c1-13-9-15(19-20(25-13)28-8-4-2-3-5-18(28)27-19)21(30)26-16-10-14(22)6-7-17(16)29-12-23-11-24-29/h6-7,9-12H,2-5,8H2,1H3,(H,26,30). The minimum Gasteiger partial charge on any atom is -0.320 e. The number of rotatable bonds is 3. The molecule has 5 rings (SSSR count). The van der Waals surface area contributed by atoms with E-state index in [0.717, 1.165) is 43.0 Å². The van der Waals surface area contributed by atoms with Crippen molar-refractivity contribution in [3.8, 4) is 5.69 Å². The van der Waals surface area contributed by atoms with E-state index in [2.05, 4.69) is 25.0 Å². The predicted molar refractivity (Wildman–Crippen MR) is 114 cm³/mol. The van der Waals surface area contributed by atoms with E-state index in [9.17, 15) is 4.79 Å². The molecule has 0 bridgehead atoms. The molecule has 1 aliphatic heterocycles. The zero-order valence-corrected chi connectivity index (χ0v) is 17.2. The van der Waals surface area contributed by atoms with Crippen molar-refractivity contribution >= 4 is 34.4 Å². The Balaban J connectivity index is 1.57. The summed E-state index contributed by atoms with van der Waals surface area (Å²) in [6.07, 6.45) is 7.30. The van der Waals surface area contributed by atoms with Crippen LogP contribution in [0.25, 0.3) is 16.9 Å². The molecule has 0 unspecified atom stereocenters. The van der Waals surface area contributed by atoms with Gasteiger partial charge in [0.2, 0.25) is 0 Å². The average molecular weight is 422 g/mol. The lowest BCUT2D eigenvalue weighted by Gasteiger charge is -2.12. The Morgan fingerprint density at radius 3 is 2.90 bits per heavy atom. The van der Waals surface area contributed by atoms with Crippen LogP contribution >= 0.6 is 11.6 Å². The zero-order valence-electron chi connectivity index (χ0n) is 16.5. The molecule has 0 saturated heterocycles. The number of hydrogen-bond acceptors (Lipinski definition) is 5. The summed E-state index contributed by atoms with van der Waals surface area (Å²) in [5.41, 5.74) is 3.91. The Bertz CT molecular complexity index is 1250. The smallest absolute Gasteiger partial charge is 0.258 e. The maximum absolute atomic E-state index is 13.3. The second-order valence-corrected chi connectivity index (χ2v) is 7.87. The van der Waals surface area contributed by atoms with Gasteiger partial charge in [-0.25, -0.2) is 19.6 Å². The SMILES string of the molecule is Cc1cc(C(=O)Nc2cc(Cl)ccc2-n2cncn2)c2nc3n(c2n1)CCCCC3. The van der Waals surface area contributed by atoms with E-state index in [4.69, 9.17) is 16.6 Å². The summed E-state index contributed by atoms with van der Waals surface area (Å²) in [4.78, 5) is 26.8. The van der Waals surface area contributed by atoms with Crippen molar-refractivity contribution in [1.82, 2.24) is 29.3 Å². The van der Waals surface area contributed by atoms with Crippen LogP contribution < -0.4 is 5.32 Å². The third kappa shape index (κ3) is 3.33. The molecule has 0 radical (unpaired) electrons. The monoisotopic (exact) mass is 421 g/mol. The summed E-state index contributed by atoms with van der Waals surface area (Å²) in [5, 5.41) is 7.65. The molecule has 152 valence electrons. The molecule has 9 heteroatoms. The highest BCUT2D eigenvalue weighted by Gasteiger charge is 2.21. The van der Waals surface area contributed by atoms with Crippen LogP contribution in [0.15, 0.2) is 36.9 Å². The average Bonchev–Trinajstić information content (AvgIpc) is 3.30. The highest BCUT2D eigenvalue weighted by molar-refractivity contribution is 6.31. The summed E-state index contributed by atoms with van der Waals surface area (Å²) in [7, 11) is 0. The van der Waals surface area contributed by atoms with Crippen molar-refractivity contribution in [2.45, 2.75) is 39.2 Å². The number of aryl methyl sites for hydroxylation is 3. The molecule has 0 aliphatic carbocycles. The highest BCUT2D eigenvalue weighted by Crippen LogP contribution is 2.27. The molecule has 0 saturated carbocycles. The first-order chi connectivity index (χ1) is 14.6. The normalized spacial score (nSPS) is 13.8. The fourth-order valence-corrected chi connectivity index (χ4v) is 4.09. The molecule has 1 aromatic carbocycles. The lowest BCUT2D eigenvalue weighted by Crippen LogP contribution is -2.15. The topological polar surface area (TPSA) is 90.5 Å². The van der Waals surface area contributed by atoms with Gasteiger partial charge in [-0.05, 0) is 44.0 Å². The number of halogens is 1. The van der Waals surface area contributed by atoms with Crippen molar-refractivity contribution < 1.29 is 4.79 Å². The minimum atomic E-state index is -0.262. The molecule has 0 fully saturated rings. The third-order valence-corrected chi connectivity index (χ3v) is 5.54. The largest absolute Gasteiger partial charge is 0.320 e. The Labute approximate surface area is 177 Å². The second kappa shape index (κ2) is 7.53. The van der Waals surface area contributed by atoms with E-state index in [1.54, 1.807) is 35.3 Å². The lowest BCUT2D eigenvalue weighted by molar-refractivity contribution is 0.102. The van der Waals surface area contributed by atoms with Gasteiger partial charge in [0.05, 0.1) is 16.9 Å². The number of fused-ring (bicyclic) bond motifs is 3. The van der Waals surface area contributed by atoms with Crippen molar-refractivity contribution in [1.29, 1.82) is 0 Å². The number of imidazole rings is 1. The van der Waals surface area contributed by atoms with Crippen LogP contribution in [-0.4, -0.2) is 35.2 Å². The summed E-state index contributed by atoms with van der Waals surface area (Å²) in [6, 6.07) is 7.02. The first kappa shape index (κ1) is 18.7. The van der Waals surface area contributed by atoms with Crippen molar-refractivity contribution in [3.63, 3.8) is 0 Å². The molecule has 1 amide bonds. The number of anilines is 1. The number of amides is 1. The Kier molecular flexibility index (Phi) is 4.71. The predicted octanol–water partition coefficient (Wildman–Crippen LogP) is 3.95. The van der Waals surface area contributed by atoms with Crippen molar-refractivity contribution in [2.75, 3.05) is 5.32 Å². The third-order valence-electron chi connectivity index (χ3n) is 5.31. The van der Waals surface area contributed by atoms with Gasteiger partial charge >= 0.3 is 0 Å². The zero-order chi connectivity index (χ0) is 20.7. The van der Waals surface area contributed by atoms with Crippen LogP contribution in [0.4, 0.5) is 5.69 Å². The number of benzene rings is 1. The Hall–Kier alpha value is -3.26. The van der Waals surface area contributed by atoms with E-state index in [1.807, 2.05) is 6.92 Å². The van der Waals surface area contributed by atoms with Gasteiger partial charge in [0.15, 0.2) is 5.65 Å². The first-order valence-corrected chi connectivity index (χ1v) is 10.3. The van der Waals surface area contributed by atoms with Gasteiger partial charge in [-0.1, -0.05) is 18.0 Å². The molecule has 30 heavy (non-hydrogen) atoms. The van der Waals surface area contributed by atoms with Gasteiger partial charge in [0.1, 0.15) is 24.0 Å². The number of nitrogens with one attached hydrogen (secondary N) is 1. The Morgan fingerprint density at radius 2 is 2.07 bits per heavy atom. The van der Waals surface area contributed by atoms with Crippen LogP contribution in [0.5, 0.6) is 0 Å². The number of nitrogens with zero attached hydrogens (tertiary/aromatic N) is 6. The number of hydrogen-bond donors (Lipinski definition) is 1. The minimum absolute atomic E-state index is 0.262. The van der Waals surface area contributed by atoms with Gasteiger partial charge in [0.25, 0.3) is 5.91 Å². The molecule has 8 nitrogen and oxygen atoms in total. The molecular weight excluding hydrogens is 402 g/mol. The number of aromatic nitrogens is 6. The van der Waals surface area contributed by atoms with E-state index in [1.165, 1.54) is 12.7 Å². The summed E-state index contributed by atoms with van der Waals surface area (Å²) in [5.74, 6) is 0.739. The molecule has 1 aliphatic rings. The van der Waals surface area contributed by atoms with E-state index >= 15 is 0 Å². The molecule has 3 aromatic heterocycles. The fraction of sp³-hybridized carbons (Fsp3) is 0.286. The van der Waals surface area contributed by atoms with Crippen LogP contribution in [-0.2, 0) is 13.0 Å². The van der Waals surface area contributed by atoms with Gasteiger partial charge in [-0.15, -0.1) is 0 Å². The summed E-state index contributed by atoms with van der Waals surface area (Å²) in [6.45, 7) is 2.78. The summed E-state index contributed by atoms with van der Waals surface area (Å²) >= 11 is 6.19. The van der Waals surface area contributed by atoms with Crippen LogP contribution in [0, 0.1) is 6.92 Å². The van der Waals surface area contributed by atoms with E-state index in [0.29, 0.717) is 27.5 Å². The summed E-state index contributed by atoms with van der Waals surface area (Å²) < 4.78 is 3.74. The van der Waals surface area contributed by atoms with Gasteiger partial charge < -0.3 is 9.88 Å². The molecule has 1 N–H and O–H groups in total. The highest BCUT2D eigenvalue weighted by atomic mass is 35.5. The molecule has 0 atom stereocenters. The number of carbonyl (C=O) groups excluding carboxylic acids is 1. The van der Waals surface area contributed by atoms with Crippen LogP contribution in [0.1, 0.15) is 41.1 Å². The van der Waals surface area contributed by atoms with Gasteiger partial charge in [-0.2, -0.15) is 5.10 Å². The number of pyridine rings is 1. The van der Waals surface area contributed by atoms with Crippen LogP contribution in [0.3, 0.4) is 0 Å². The van der Waals surface area contributed by atoms with Crippen LogP contribution in [0.2, 0.25) is 5.02 Å². The van der Waals surface area contributed by atoms with E-state index in [-0.39, 0.29) is 5.91 Å². The van der Waals surface area contributed by atoms with E-state index < -0.39 is 0 Å². The maximum atomic E-state index is 13.3. The second-order valence-electron chi connectivity index (χ2n) is 7.43. The number of carbonyl (C=O) groups is 1. The molecule has 4 aromatic rings. The molecule has 0 spiro atoms. The van der Waals surface area contributed by atoms with Gasteiger partial charge in [-0.3, -0.25) is 4.79 Å². The first-order valence-electron chi connectivity index (χ1n) is 9.93. The molecular formula is C21H20ClN7O. The lowest BCUT2D eigenvalue weighted by atomic mass is 10.1. The maximum Gasteiger partial charge on any atom is 0.258 e. The Morgan fingerprint density at radius 1 is 1.17 bits per heavy atom. The van der Waals surface area contributed by atoms with Crippen molar-refractivity contribution in [3.05, 3.63) is 59.0 Å². The van der Waals surface area contributed by atoms with Gasteiger partial charge in [0, 0.05) is 23.7 Å². The quantitative estimate of drug-likeness (QED) is 0.540.